The van der Waals surface area contributed by atoms with Crippen molar-refractivity contribution >= 4 is 5.91 Å². The standard InChI is InChI=1S/C15H32N2O/c1-4-5-6-7-8-9-11-14(17(2)3)12-10-13-15(16)18/h14H,4-13H2,1-3H3,(H2,16,18). The zero-order chi connectivity index (χ0) is 13.8. The van der Waals surface area contributed by atoms with Gasteiger partial charge in [-0.1, -0.05) is 45.4 Å². The van der Waals surface area contributed by atoms with Crippen LogP contribution in [0.1, 0.15) is 71.1 Å². The lowest BCUT2D eigenvalue weighted by molar-refractivity contribution is -0.118. The number of rotatable bonds is 12. The van der Waals surface area contributed by atoms with Crippen LogP contribution in [0.15, 0.2) is 0 Å². The zero-order valence-corrected chi connectivity index (χ0v) is 12.6. The van der Waals surface area contributed by atoms with Crippen LogP contribution in [0.3, 0.4) is 0 Å². The fraction of sp³-hybridized carbons (Fsp3) is 0.933. The molecule has 2 N–H and O–H groups in total. The van der Waals surface area contributed by atoms with Gasteiger partial charge in [0.15, 0.2) is 0 Å². The molecule has 0 aliphatic carbocycles. The summed E-state index contributed by atoms with van der Waals surface area (Å²) in [6.07, 6.45) is 11.9. The Labute approximate surface area is 113 Å². The Morgan fingerprint density at radius 2 is 1.56 bits per heavy atom. The highest BCUT2D eigenvalue weighted by molar-refractivity contribution is 5.73. The highest BCUT2D eigenvalue weighted by Crippen LogP contribution is 2.15. The molecule has 0 saturated heterocycles. The highest BCUT2D eigenvalue weighted by atomic mass is 16.1. The minimum atomic E-state index is -0.174. The van der Waals surface area contributed by atoms with E-state index in [0.717, 1.165) is 12.8 Å². The predicted molar refractivity (Wildman–Crippen MR) is 78.5 cm³/mol. The third kappa shape index (κ3) is 10.6. The van der Waals surface area contributed by atoms with Crippen molar-refractivity contribution in [3.05, 3.63) is 0 Å². The van der Waals surface area contributed by atoms with Gasteiger partial charge in [0.25, 0.3) is 0 Å². The Kier molecular flexibility index (Phi) is 11.2. The van der Waals surface area contributed by atoms with Gasteiger partial charge in [0.05, 0.1) is 0 Å². The monoisotopic (exact) mass is 256 g/mol. The molecule has 0 saturated carbocycles. The summed E-state index contributed by atoms with van der Waals surface area (Å²) in [5, 5.41) is 0. The van der Waals surface area contributed by atoms with Crippen molar-refractivity contribution in [3.8, 4) is 0 Å². The van der Waals surface area contributed by atoms with Crippen LogP contribution in [0.2, 0.25) is 0 Å². The number of amides is 1. The average Bonchev–Trinajstić information content (AvgIpc) is 2.30. The number of nitrogens with zero attached hydrogens (tertiary/aromatic N) is 1. The number of hydrogen-bond donors (Lipinski definition) is 1. The molecular weight excluding hydrogens is 224 g/mol. The molecule has 0 aromatic heterocycles. The Morgan fingerprint density at radius 1 is 1.00 bits per heavy atom. The van der Waals surface area contributed by atoms with E-state index in [4.69, 9.17) is 5.73 Å². The molecule has 0 heterocycles. The molecule has 3 nitrogen and oxygen atoms in total. The van der Waals surface area contributed by atoms with Crippen molar-refractivity contribution in [2.75, 3.05) is 14.1 Å². The molecule has 0 bridgehead atoms. The quantitative estimate of drug-likeness (QED) is 0.544. The number of primary amides is 1. The Bertz CT molecular complexity index is 205. The Hall–Kier alpha value is -0.570. The maximum Gasteiger partial charge on any atom is 0.217 e. The van der Waals surface area contributed by atoms with Crippen LogP contribution in [0.4, 0.5) is 0 Å². The second kappa shape index (κ2) is 11.5. The van der Waals surface area contributed by atoms with E-state index in [1.807, 2.05) is 0 Å². The molecule has 0 fully saturated rings. The van der Waals surface area contributed by atoms with Crippen molar-refractivity contribution < 1.29 is 4.79 Å². The summed E-state index contributed by atoms with van der Waals surface area (Å²) in [5.41, 5.74) is 5.17. The second-order valence-electron chi connectivity index (χ2n) is 5.53. The van der Waals surface area contributed by atoms with E-state index in [0.29, 0.717) is 12.5 Å². The summed E-state index contributed by atoms with van der Waals surface area (Å²) in [7, 11) is 4.26. The topological polar surface area (TPSA) is 46.3 Å². The molecule has 0 aromatic rings. The average molecular weight is 256 g/mol. The lowest BCUT2D eigenvalue weighted by Crippen LogP contribution is -2.28. The number of carbonyl (C=O) groups is 1. The predicted octanol–water partition coefficient (Wildman–Crippen LogP) is 3.32. The molecule has 18 heavy (non-hydrogen) atoms. The van der Waals surface area contributed by atoms with E-state index < -0.39 is 0 Å². The van der Waals surface area contributed by atoms with Crippen LogP contribution < -0.4 is 5.73 Å². The van der Waals surface area contributed by atoms with Crippen LogP contribution in [0.5, 0.6) is 0 Å². The molecular formula is C15H32N2O. The smallest absolute Gasteiger partial charge is 0.217 e. The molecule has 108 valence electrons. The van der Waals surface area contributed by atoms with Crippen molar-refractivity contribution in [1.29, 1.82) is 0 Å². The number of unbranched alkanes of at least 4 members (excludes halogenated alkanes) is 5. The number of carbonyl (C=O) groups excluding carboxylic acids is 1. The van der Waals surface area contributed by atoms with Gasteiger partial charge in [0.2, 0.25) is 5.91 Å². The third-order valence-corrected chi connectivity index (χ3v) is 3.58. The van der Waals surface area contributed by atoms with E-state index in [1.54, 1.807) is 0 Å². The Balaban J connectivity index is 3.60. The lowest BCUT2D eigenvalue weighted by Gasteiger charge is -2.24. The number of hydrogen-bond acceptors (Lipinski definition) is 2. The van der Waals surface area contributed by atoms with Crippen LogP contribution >= 0.6 is 0 Å². The van der Waals surface area contributed by atoms with Gasteiger partial charge in [-0.3, -0.25) is 4.79 Å². The van der Waals surface area contributed by atoms with Gasteiger partial charge >= 0.3 is 0 Å². The van der Waals surface area contributed by atoms with Crippen LogP contribution in [-0.2, 0) is 4.79 Å². The van der Waals surface area contributed by atoms with Crippen molar-refractivity contribution in [2.45, 2.75) is 77.2 Å². The van der Waals surface area contributed by atoms with Crippen molar-refractivity contribution in [3.63, 3.8) is 0 Å². The lowest BCUT2D eigenvalue weighted by atomic mass is 10.0. The Morgan fingerprint density at radius 3 is 2.11 bits per heavy atom. The van der Waals surface area contributed by atoms with E-state index in [-0.39, 0.29) is 5.91 Å². The van der Waals surface area contributed by atoms with Gasteiger partial charge in [0.1, 0.15) is 0 Å². The van der Waals surface area contributed by atoms with E-state index in [2.05, 4.69) is 25.9 Å². The summed E-state index contributed by atoms with van der Waals surface area (Å²) in [4.78, 5) is 13.0. The van der Waals surface area contributed by atoms with Crippen LogP contribution in [-0.4, -0.2) is 30.9 Å². The molecule has 0 rings (SSSR count). The molecule has 1 amide bonds. The summed E-state index contributed by atoms with van der Waals surface area (Å²) >= 11 is 0. The molecule has 3 heteroatoms. The first-order valence-corrected chi connectivity index (χ1v) is 7.52. The van der Waals surface area contributed by atoms with Gasteiger partial charge in [0, 0.05) is 12.5 Å². The van der Waals surface area contributed by atoms with Gasteiger partial charge in [-0.25, -0.2) is 0 Å². The zero-order valence-electron chi connectivity index (χ0n) is 12.6. The summed E-state index contributed by atoms with van der Waals surface area (Å²) in [6.45, 7) is 2.25. The molecule has 1 unspecified atom stereocenters. The molecule has 0 aromatic carbocycles. The fourth-order valence-corrected chi connectivity index (χ4v) is 2.33. The van der Waals surface area contributed by atoms with Gasteiger partial charge < -0.3 is 10.6 Å². The minimum Gasteiger partial charge on any atom is -0.370 e. The first-order chi connectivity index (χ1) is 8.57. The second-order valence-corrected chi connectivity index (χ2v) is 5.53. The van der Waals surface area contributed by atoms with Crippen molar-refractivity contribution in [2.24, 2.45) is 5.73 Å². The van der Waals surface area contributed by atoms with E-state index in [9.17, 15) is 4.79 Å². The minimum absolute atomic E-state index is 0.174. The van der Waals surface area contributed by atoms with Gasteiger partial charge in [-0.2, -0.15) is 0 Å². The first kappa shape index (κ1) is 17.4. The molecule has 0 radical (unpaired) electrons. The largest absolute Gasteiger partial charge is 0.370 e. The normalized spacial score (nSPS) is 12.9. The van der Waals surface area contributed by atoms with Gasteiger partial charge in [-0.05, 0) is 33.4 Å². The van der Waals surface area contributed by atoms with E-state index >= 15 is 0 Å². The van der Waals surface area contributed by atoms with Crippen LogP contribution in [0.25, 0.3) is 0 Å². The fourth-order valence-electron chi connectivity index (χ4n) is 2.33. The SMILES string of the molecule is CCCCCCCCC(CCCC(N)=O)N(C)C. The molecule has 0 spiro atoms. The first-order valence-electron chi connectivity index (χ1n) is 7.52. The third-order valence-electron chi connectivity index (χ3n) is 3.58. The highest BCUT2D eigenvalue weighted by Gasteiger charge is 2.11. The molecule has 1 atom stereocenters. The molecule has 0 aliphatic heterocycles. The summed E-state index contributed by atoms with van der Waals surface area (Å²) < 4.78 is 0. The van der Waals surface area contributed by atoms with Crippen molar-refractivity contribution in [1.82, 2.24) is 4.90 Å². The van der Waals surface area contributed by atoms with Gasteiger partial charge in [-0.15, -0.1) is 0 Å². The number of nitrogens with two attached hydrogens (primary N) is 1. The summed E-state index contributed by atoms with van der Waals surface area (Å²) in [6, 6.07) is 0.607. The van der Waals surface area contributed by atoms with Crippen LogP contribution in [0, 0.1) is 0 Å². The maximum atomic E-state index is 10.7. The summed E-state index contributed by atoms with van der Waals surface area (Å²) in [5.74, 6) is -0.174. The van der Waals surface area contributed by atoms with E-state index in [1.165, 1.54) is 44.9 Å². The molecule has 0 aliphatic rings. The maximum absolute atomic E-state index is 10.7.